The van der Waals surface area contributed by atoms with E-state index in [2.05, 4.69) is 27.8 Å². The van der Waals surface area contributed by atoms with E-state index in [1.54, 1.807) is 0 Å². The number of anilines is 1. The van der Waals surface area contributed by atoms with Gasteiger partial charge in [0.2, 0.25) is 0 Å². The maximum Gasteiger partial charge on any atom is 0.154 e. The van der Waals surface area contributed by atoms with Gasteiger partial charge in [-0.1, -0.05) is 6.07 Å². The van der Waals surface area contributed by atoms with E-state index in [-0.39, 0.29) is 0 Å². The molecular formula is C19H22N6. The number of hydrogen-bond donors (Lipinski definition) is 2. The quantitative estimate of drug-likeness (QED) is 0.768. The Labute approximate surface area is 146 Å². The van der Waals surface area contributed by atoms with E-state index >= 15 is 0 Å². The van der Waals surface area contributed by atoms with Crippen molar-refractivity contribution in [2.45, 2.75) is 37.6 Å². The van der Waals surface area contributed by atoms with Crippen LogP contribution in [0.15, 0.2) is 36.5 Å². The Morgan fingerprint density at radius 3 is 2.92 bits per heavy atom. The maximum atomic E-state index is 4.81. The Morgan fingerprint density at radius 1 is 1.12 bits per heavy atom. The number of hydrogen-bond acceptors (Lipinski definition) is 5. The fourth-order valence-corrected chi connectivity index (χ4v) is 3.50. The zero-order valence-electron chi connectivity index (χ0n) is 14.2. The van der Waals surface area contributed by atoms with Gasteiger partial charge in [0.15, 0.2) is 5.65 Å². The number of pyridine rings is 1. The second-order valence-electron chi connectivity index (χ2n) is 7.04. The predicted molar refractivity (Wildman–Crippen MR) is 97.7 cm³/mol. The maximum absolute atomic E-state index is 4.81. The van der Waals surface area contributed by atoms with Crippen molar-refractivity contribution in [1.29, 1.82) is 0 Å². The molecule has 0 radical (unpaired) electrons. The molecule has 2 fully saturated rings. The third-order valence-electron chi connectivity index (χ3n) is 5.04. The second-order valence-corrected chi connectivity index (χ2v) is 7.04. The summed E-state index contributed by atoms with van der Waals surface area (Å²) in [5.74, 6) is 1.54. The monoisotopic (exact) mass is 334 g/mol. The second kappa shape index (κ2) is 6.11. The molecule has 25 heavy (non-hydrogen) atoms. The lowest BCUT2D eigenvalue weighted by molar-refractivity contribution is 0.479. The standard InChI is InChI=1S/C19H22N6/c1-4-16(23-18(5-1)22-14-3-2-10-20-11-14)17-12-21-19-9-8-15(13-6-7-13)24-25(17)19/h1,4-5,8-9,12-14,20H,2-3,6-7,10-11H2,(H,22,23)/t14-/m1/s1. The van der Waals surface area contributed by atoms with E-state index in [1.165, 1.54) is 25.7 Å². The van der Waals surface area contributed by atoms with Crippen LogP contribution in [0.5, 0.6) is 0 Å². The van der Waals surface area contributed by atoms with Gasteiger partial charge in [0, 0.05) is 18.5 Å². The fraction of sp³-hybridized carbons (Fsp3) is 0.421. The van der Waals surface area contributed by atoms with Gasteiger partial charge in [-0.25, -0.2) is 14.5 Å². The van der Waals surface area contributed by atoms with Gasteiger partial charge in [-0.3, -0.25) is 0 Å². The zero-order chi connectivity index (χ0) is 16.6. The van der Waals surface area contributed by atoms with Gasteiger partial charge in [0.1, 0.15) is 11.5 Å². The first-order valence-electron chi connectivity index (χ1n) is 9.16. The van der Waals surface area contributed by atoms with E-state index in [1.807, 2.05) is 28.9 Å². The average molecular weight is 334 g/mol. The van der Waals surface area contributed by atoms with Gasteiger partial charge >= 0.3 is 0 Å². The van der Waals surface area contributed by atoms with Gasteiger partial charge in [0.25, 0.3) is 0 Å². The van der Waals surface area contributed by atoms with Crippen LogP contribution in [0.2, 0.25) is 0 Å². The van der Waals surface area contributed by atoms with Crippen molar-refractivity contribution < 1.29 is 0 Å². The smallest absolute Gasteiger partial charge is 0.154 e. The lowest BCUT2D eigenvalue weighted by Gasteiger charge is -2.24. The molecule has 0 spiro atoms. The number of nitrogens with one attached hydrogen (secondary N) is 2. The van der Waals surface area contributed by atoms with Crippen molar-refractivity contribution >= 4 is 11.5 Å². The first kappa shape index (κ1) is 14.8. The van der Waals surface area contributed by atoms with Crippen molar-refractivity contribution in [3.63, 3.8) is 0 Å². The summed E-state index contributed by atoms with van der Waals surface area (Å²) in [5.41, 5.74) is 3.88. The highest BCUT2D eigenvalue weighted by atomic mass is 15.3. The first-order valence-corrected chi connectivity index (χ1v) is 9.16. The van der Waals surface area contributed by atoms with Gasteiger partial charge in [-0.15, -0.1) is 0 Å². The highest BCUT2D eigenvalue weighted by Crippen LogP contribution is 2.39. The Bertz CT molecular complexity index is 892. The van der Waals surface area contributed by atoms with E-state index in [9.17, 15) is 0 Å². The van der Waals surface area contributed by atoms with E-state index in [4.69, 9.17) is 10.1 Å². The molecule has 1 saturated carbocycles. The Morgan fingerprint density at radius 2 is 2.08 bits per heavy atom. The molecule has 3 aromatic heterocycles. The van der Waals surface area contributed by atoms with E-state index in [0.717, 1.165) is 41.6 Å². The van der Waals surface area contributed by atoms with Crippen molar-refractivity contribution in [3.8, 4) is 11.4 Å². The summed E-state index contributed by atoms with van der Waals surface area (Å²) in [6, 6.07) is 10.7. The van der Waals surface area contributed by atoms with Crippen LogP contribution in [0, 0.1) is 0 Å². The zero-order valence-corrected chi connectivity index (χ0v) is 14.2. The number of rotatable bonds is 4. The summed E-state index contributed by atoms with van der Waals surface area (Å²) in [6.07, 6.45) is 6.75. The number of piperidine rings is 1. The molecule has 128 valence electrons. The van der Waals surface area contributed by atoms with E-state index < -0.39 is 0 Å². The van der Waals surface area contributed by atoms with Crippen LogP contribution in [0.3, 0.4) is 0 Å². The molecule has 0 bridgehead atoms. The minimum absolute atomic E-state index is 0.443. The number of aromatic nitrogens is 4. The van der Waals surface area contributed by atoms with Crippen LogP contribution >= 0.6 is 0 Å². The predicted octanol–water partition coefficient (Wildman–Crippen LogP) is 2.83. The van der Waals surface area contributed by atoms with Crippen LogP contribution in [0.1, 0.15) is 37.3 Å². The molecule has 0 amide bonds. The molecule has 4 heterocycles. The van der Waals surface area contributed by atoms with Crippen molar-refractivity contribution in [3.05, 3.63) is 42.2 Å². The molecule has 3 aromatic rings. The van der Waals surface area contributed by atoms with Crippen molar-refractivity contribution in [2.24, 2.45) is 0 Å². The average Bonchev–Trinajstić information content (AvgIpc) is 3.42. The molecule has 2 aliphatic rings. The lowest BCUT2D eigenvalue weighted by atomic mass is 10.1. The Hall–Kier alpha value is -2.47. The van der Waals surface area contributed by atoms with Gasteiger partial charge in [-0.2, -0.15) is 5.10 Å². The van der Waals surface area contributed by atoms with Gasteiger partial charge in [-0.05, 0) is 56.5 Å². The molecule has 1 atom stereocenters. The van der Waals surface area contributed by atoms with Crippen LogP contribution in [0.25, 0.3) is 17.0 Å². The molecule has 5 rings (SSSR count). The summed E-state index contributed by atoms with van der Waals surface area (Å²) in [5, 5.41) is 11.8. The van der Waals surface area contributed by atoms with E-state index in [0.29, 0.717) is 12.0 Å². The SMILES string of the molecule is c1cc(N[C@@H]2CCCNC2)nc(-c2cnc3ccc(C4CC4)nn23)c1. The molecule has 0 unspecified atom stereocenters. The molecule has 1 saturated heterocycles. The molecule has 2 N–H and O–H groups in total. The highest BCUT2D eigenvalue weighted by Gasteiger charge is 2.25. The van der Waals surface area contributed by atoms with Crippen LogP contribution < -0.4 is 10.6 Å². The molecule has 1 aliphatic heterocycles. The minimum atomic E-state index is 0.443. The molecular weight excluding hydrogens is 312 g/mol. The molecule has 6 heteroatoms. The topological polar surface area (TPSA) is 67.1 Å². The van der Waals surface area contributed by atoms with Crippen molar-refractivity contribution in [1.82, 2.24) is 24.9 Å². The van der Waals surface area contributed by atoms with Crippen LogP contribution in [-0.2, 0) is 0 Å². The third kappa shape index (κ3) is 2.98. The van der Waals surface area contributed by atoms with Gasteiger partial charge in [0.05, 0.1) is 17.6 Å². The summed E-state index contributed by atoms with van der Waals surface area (Å²) in [4.78, 5) is 9.30. The third-order valence-corrected chi connectivity index (χ3v) is 5.04. The molecule has 6 nitrogen and oxygen atoms in total. The van der Waals surface area contributed by atoms with Crippen molar-refractivity contribution in [2.75, 3.05) is 18.4 Å². The summed E-state index contributed by atoms with van der Waals surface area (Å²) in [7, 11) is 0. The number of fused-ring (bicyclic) bond motifs is 1. The van der Waals surface area contributed by atoms with Crippen LogP contribution in [0.4, 0.5) is 5.82 Å². The molecule has 0 aromatic carbocycles. The molecule has 1 aliphatic carbocycles. The number of imidazole rings is 1. The number of nitrogens with zero attached hydrogens (tertiary/aromatic N) is 4. The Kier molecular flexibility index (Phi) is 3.63. The largest absolute Gasteiger partial charge is 0.366 e. The fourth-order valence-electron chi connectivity index (χ4n) is 3.50. The normalized spacial score (nSPS) is 20.7. The minimum Gasteiger partial charge on any atom is -0.366 e. The Balaban J connectivity index is 1.47. The first-order chi connectivity index (χ1) is 12.4. The summed E-state index contributed by atoms with van der Waals surface area (Å²) < 4.78 is 1.93. The van der Waals surface area contributed by atoms with Crippen LogP contribution in [-0.4, -0.2) is 38.7 Å². The summed E-state index contributed by atoms with van der Waals surface area (Å²) in [6.45, 7) is 2.11. The summed E-state index contributed by atoms with van der Waals surface area (Å²) >= 11 is 0. The lowest BCUT2D eigenvalue weighted by Crippen LogP contribution is -2.38. The van der Waals surface area contributed by atoms with Gasteiger partial charge < -0.3 is 10.6 Å². The highest BCUT2D eigenvalue weighted by molar-refractivity contribution is 5.61.